The molecule has 2 aromatic rings. The van der Waals surface area contributed by atoms with E-state index in [2.05, 4.69) is 20.9 Å². The first-order valence-corrected chi connectivity index (χ1v) is 6.42. The minimum Gasteiger partial charge on any atom is -0.383 e. The predicted molar refractivity (Wildman–Crippen MR) is 72.1 cm³/mol. The Morgan fingerprint density at radius 2 is 2.06 bits per heavy atom. The van der Waals surface area contributed by atoms with Gasteiger partial charge in [-0.3, -0.25) is 4.98 Å². The van der Waals surface area contributed by atoms with Crippen molar-refractivity contribution < 1.29 is 9.50 Å². The minimum atomic E-state index is -1.08. The van der Waals surface area contributed by atoms with Gasteiger partial charge in [0.15, 0.2) is 0 Å². The zero-order valence-corrected chi connectivity index (χ0v) is 11.8. The van der Waals surface area contributed by atoms with Crippen molar-refractivity contribution in [2.45, 2.75) is 13.0 Å². The topological polar surface area (TPSA) is 33.1 Å². The van der Waals surface area contributed by atoms with E-state index < -0.39 is 11.9 Å². The highest BCUT2D eigenvalue weighted by Gasteiger charge is 2.18. The van der Waals surface area contributed by atoms with Crippen LogP contribution in [0.5, 0.6) is 0 Å². The number of benzene rings is 1. The monoisotopic (exact) mass is 329 g/mol. The van der Waals surface area contributed by atoms with Crippen LogP contribution in [0.25, 0.3) is 0 Å². The molecule has 0 aliphatic heterocycles. The summed E-state index contributed by atoms with van der Waals surface area (Å²) in [7, 11) is 0. The van der Waals surface area contributed by atoms with Crippen LogP contribution in [0.4, 0.5) is 4.39 Å². The number of aliphatic hydroxyl groups excluding tert-OH is 1. The fourth-order valence-corrected chi connectivity index (χ4v) is 2.05. The van der Waals surface area contributed by atoms with Crippen molar-refractivity contribution in [3.05, 3.63) is 62.6 Å². The first-order chi connectivity index (χ1) is 8.50. The Morgan fingerprint density at radius 3 is 2.67 bits per heavy atom. The van der Waals surface area contributed by atoms with Crippen molar-refractivity contribution >= 4 is 27.5 Å². The summed E-state index contributed by atoms with van der Waals surface area (Å²) in [5.74, 6) is -0.626. The maximum absolute atomic E-state index is 13.9. The highest BCUT2D eigenvalue weighted by molar-refractivity contribution is 9.10. The van der Waals surface area contributed by atoms with E-state index in [4.69, 9.17) is 11.6 Å². The molecule has 0 aliphatic rings. The highest BCUT2D eigenvalue weighted by Crippen LogP contribution is 2.32. The van der Waals surface area contributed by atoms with Crippen LogP contribution >= 0.6 is 27.5 Å². The number of aryl methyl sites for hydroxylation is 1. The Bertz CT molecular complexity index is 574. The van der Waals surface area contributed by atoms with E-state index in [9.17, 15) is 9.50 Å². The van der Waals surface area contributed by atoms with Crippen LogP contribution in [0.1, 0.15) is 22.9 Å². The molecule has 0 saturated carbocycles. The Labute approximate surface area is 118 Å². The molecule has 0 aliphatic carbocycles. The van der Waals surface area contributed by atoms with Gasteiger partial charge in [-0.2, -0.15) is 0 Å². The summed E-state index contributed by atoms with van der Waals surface area (Å²) in [6.45, 7) is 1.84. The largest absolute Gasteiger partial charge is 0.383 e. The van der Waals surface area contributed by atoms with Crippen LogP contribution in [0, 0.1) is 12.7 Å². The lowest BCUT2D eigenvalue weighted by atomic mass is 10.0. The van der Waals surface area contributed by atoms with Crippen LogP contribution in [0.3, 0.4) is 0 Å². The SMILES string of the molecule is Cc1ccc(C(O)c2ccc(Br)c(Cl)c2F)cn1. The second-order valence-corrected chi connectivity index (χ2v) is 5.13. The molecule has 1 unspecified atom stereocenters. The number of rotatable bonds is 2. The second kappa shape index (κ2) is 5.34. The standard InChI is InChI=1S/C13H10BrClFNO/c1-7-2-3-8(6-17-7)13(18)9-4-5-10(14)11(15)12(9)16/h2-6,13,18H,1H3. The lowest BCUT2D eigenvalue weighted by Gasteiger charge is -2.13. The predicted octanol–water partition coefficient (Wildman–Crippen LogP) is 4.03. The Hall–Kier alpha value is -0.970. The lowest BCUT2D eigenvalue weighted by molar-refractivity contribution is 0.214. The van der Waals surface area contributed by atoms with Crippen LogP contribution in [0.15, 0.2) is 34.9 Å². The number of nitrogens with zero attached hydrogens (tertiary/aromatic N) is 1. The second-order valence-electron chi connectivity index (χ2n) is 3.90. The van der Waals surface area contributed by atoms with Crippen molar-refractivity contribution in [2.75, 3.05) is 0 Å². The van der Waals surface area contributed by atoms with Gasteiger partial charge in [0, 0.05) is 27.5 Å². The molecule has 1 aromatic heterocycles. The summed E-state index contributed by atoms with van der Waals surface area (Å²) in [6.07, 6.45) is 0.443. The average molecular weight is 331 g/mol. The van der Waals surface area contributed by atoms with E-state index in [0.717, 1.165) is 5.69 Å². The summed E-state index contributed by atoms with van der Waals surface area (Å²) >= 11 is 8.92. The Kier molecular flexibility index (Phi) is 4.00. The van der Waals surface area contributed by atoms with E-state index in [1.54, 1.807) is 18.2 Å². The van der Waals surface area contributed by atoms with Crippen molar-refractivity contribution in [1.29, 1.82) is 0 Å². The summed E-state index contributed by atoms with van der Waals surface area (Å²) in [5, 5.41) is 10.1. The molecule has 0 bridgehead atoms. The van der Waals surface area contributed by atoms with E-state index >= 15 is 0 Å². The van der Waals surface area contributed by atoms with Gasteiger partial charge in [-0.25, -0.2) is 4.39 Å². The van der Waals surface area contributed by atoms with Gasteiger partial charge in [0.05, 0.1) is 5.02 Å². The number of pyridine rings is 1. The molecule has 18 heavy (non-hydrogen) atoms. The molecule has 0 spiro atoms. The van der Waals surface area contributed by atoms with Gasteiger partial charge in [-0.15, -0.1) is 0 Å². The van der Waals surface area contributed by atoms with Crippen LogP contribution < -0.4 is 0 Å². The van der Waals surface area contributed by atoms with Gasteiger partial charge >= 0.3 is 0 Å². The van der Waals surface area contributed by atoms with Gasteiger partial charge < -0.3 is 5.11 Å². The van der Waals surface area contributed by atoms with Crippen LogP contribution in [0.2, 0.25) is 5.02 Å². The lowest BCUT2D eigenvalue weighted by Crippen LogP contribution is -2.04. The van der Waals surface area contributed by atoms with Crippen LogP contribution in [-0.2, 0) is 0 Å². The first-order valence-electron chi connectivity index (χ1n) is 5.24. The third-order valence-corrected chi connectivity index (χ3v) is 3.87. The number of hydrogen-bond acceptors (Lipinski definition) is 2. The Balaban J connectivity index is 2.43. The summed E-state index contributed by atoms with van der Waals surface area (Å²) in [5.41, 5.74) is 1.49. The minimum absolute atomic E-state index is 0.0355. The Morgan fingerprint density at radius 1 is 1.33 bits per heavy atom. The zero-order chi connectivity index (χ0) is 13.3. The average Bonchev–Trinajstić information content (AvgIpc) is 2.36. The van der Waals surface area contributed by atoms with Crippen LogP contribution in [-0.4, -0.2) is 10.1 Å². The van der Waals surface area contributed by atoms with Crippen molar-refractivity contribution in [1.82, 2.24) is 4.98 Å². The normalized spacial score (nSPS) is 12.5. The number of hydrogen-bond donors (Lipinski definition) is 1. The molecular formula is C13H10BrClFNO. The molecular weight excluding hydrogens is 321 g/mol. The molecule has 2 nitrogen and oxygen atoms in total. The van der Waals surface area contributed by atoms with Gasteiger partial charge in [0.2, 0.25) is 0 Å². The zero-order valence-electron chi connectivity index (χ0n) is 9.49. The molecule has 0 saturated heterocycles. The molecule has 1 N–H and O–H groups in total. The fourth-order valence-electron chi connectivity index (χ4n) is 1.57. The maximum Gasteiger partial charge on any atom is 0.149 e. The molecule has 2 rings (SSSR count). The molecule has 1 heterocycles. The van der Waals surface area contributed by atoms with Gasteiger partial charge in [0.1, 0.15) is 11.9 Å². The summed E-state index contributed by atoms with van der Waals surface area (Å²) in [4.78, 5) is 4.07. The van der Waals surface area contributed by atoms with E-state index in [-0.39, 0.29) is 10.6 Å². The smallest absolute Gasteiger partial charge is 0.149 e. The number of halogens is 3. The molecule has 94 valence electrons. The molecule has 1 atom stereocenters. The number of aliphatic hydroxyl groups is 1. The fraction of sp³-hybridized carbons (Fsp3) is 0.154. The molecule has 0 amide bonds. The van der Waals surface area contributed by atoms with Gasteiger partial charge in [-0.1, -0.05) is 23.7 Å². The summed E-state index contributed by atoms with van der Waals surface area (Å²) < 4.78 is 14.4. The third kappa shape index (κ3) is 2.55. The van der Waals surface area contributed by atoms with Crippen molar-refractivity contribution in [2.24, 2.45) is 0 Å². The van der Waals surface area contributed by atoms with Crippen molar-refractivity contribution in [3.63, 3.8) is 0 Å². The van der Waals surface area contributed by atoms with E-state index in [0.29, 0.717) is 10.0 Å². The highest BCUT2D eigenvalue weighted by atomic mass is 79.9. The molecule has 0 radical (unpaired) electrons. The van der Waals surface area contributed by atoms with Gasteiger partial charge in [0.25, 0.3) is 0 Å². The third-order valence-electron chi connectivity index (χ3n) is 2.61. The first kappa shape index (κ1) is 13.5. The number of aromatic nitrogens is 1. The molecule has 5 heteroatoms. The molecule has 0 fully saturated rings. The van der Waals surface area contributed by atoms with Crippen molar-refractivity contribution in [3.8, 4) is 0 Å². The van der Waals surface area contributed by atoms with E-state index in [1.165, 1.54) is 12.3 Å². The maximum atomic E-state index is 13.9. The molecule has 1 aromatic carbocycles. The van der Waals surface area contributed by atoms with Gasteiger partial charge in [-0.05, 0) is 35.0 Å². The summed E-state index contributed by atoms with van der Waals surface area (Å²) in [6, 6.07) is 6.57. The quantitative estimate of drug-likeness (QED) is 0.844. The van der Waals surface area contributed by atoms with E-state index in [1.807, 2.05) is 6.92 Å².